The lowest BCUT2D eigenvalue weighted by Gasteiger charge is -2.19. The van der Waals surface area contributed by atoms with Crippen LogP contribution in [0.4, 0.5) is 4.39 Å². The molecule has 0 amide bonds. The Kier molecular flexibility index (Phi) is 5.06. The van der Waals surface area contributed by atoms with Gasteiger partial charge in [0.1, 0.15) is 11.9 Å². The van der Waals surface area contributed by atoms with Crippen LogP contribution in [0.25, 0.3) is 0 Å². The van der Waals surface area contributed by atoms with Crippen LogP contribution in [-0.4, -0.2) is 13.1 Å². The van der Waals surface area contributed by atoms with E-state index in [4.69, 9.17) is 4.74 Å². The van der Waals surface area contributed by atoms with Crippen LogP contribution in [-0.2, 0) is 16.1 Å². The maximum absolute atomic E-state index is 13.5. The Morgan fingerprint density at radius 1 is 1.24 bits per heavy atom. The van der Waals surface area contributed by atoms with Gasteiger partial charge in [0, 0.05) is 6.54 Å². The first kappa shape index (κ1) is 15.2. The average molecular weight is 287 g/mol. The van der Waals surface area contributed by atoms with E-state index in [1.54, 1.807) is 6.07 Å². The molecule has 1 atom stereocenters. The molecule has 0 saturated carbocycles. The van der Waals surface area contributed by atoms with E-state index in [1.165, 1.54) is 19.2 Å². The molecule has 0 bridgehead atoms. The molecule has 2 aromatic rings. The fourth-order valence-corrected chi connectivity index (χ4v) is 2.18. The number of rotatable bonds is 5. The smallest absolute Gasteiger partial charge is 0.327 e. The van der Waals surface area contributed by atoms with E-state index in [-0.39, 0.29) is 5.82 Å². The van der Waals surface area contributed by atoms with Crippen molar-refractivity contribution >= 4 is 5.97 Å². The maximum atomic E-state index is 13.5. The number of esters is 1. The van der Waals surface area contributed by atoms with E-state index in [0.29, 0.717) is 12.1 Å². The highest BCUT2D eigenvalue weighted by Crippen LogP contribution is 2.21. The minimum atomic E-state index is -0.689. The minimum absolute atomic E-state index is 0.369. The van der Waals surface area contributed by atoms with Crippen LogP contribution in [0, 0.1) is 12.7 Å². The van der Waals surface area contributed by atoms with E-state index in [9.17, 15) is 9.18 Å². The minimum Gasteiger partial charge on any atom is -0.468 e. The van der Waals surface area contributed by atoms with Gasteiger partial charge in [0.05, 0.1) is 7.11 Å². The Hall–Kier alpha value is -2.20. The average Bonchev–Trinajstić information content (AvgIpc) is 2.51. The van der Waals surface area contributed by atoms with E-state index >= 15 is 0 Å². The molecule has 1 unspecified atom stereocenters. The first-order valence-electron chi connectivity index (χ1n) is 6.73. The fraction of sp³-hybridized carbons (Fsp3) is 0.235. The number of hydrogen-bond donors (Lipinski definition) is 1. The van der Waals surface area contributed by atoms with Crippen molar-refractivity contribution in [3.63, 3.8) is 0 Å². The maximum Gasteiger partial charge on any atom is 0.327 e. The molecule has 110 valence electrons. The molecular formula is C17H18FNO2. The van der Waals surface area contributed by atoms with Crippen molar-refractivity contribution in [2.75, 3.05) is 7.11 Å². The van der Waals surface area contributed by atoms with Crippen molar-refractivity contribution in [3.05, 3.63) is 71.0 Å². The summed E-state index contributed by atoms with van der Waals surface area (Å²) in [5, 5.41) is 3.13. The Morgan fingerprint density at radius 2 is 1.95 bits per heavy atom. The summed E-state index contributed by atoms with van der Waals surface area (Å²) in [4.78, 5) is 12.0. The molecule has 0 radical (unpaired) electrons. The molecule has 2 rings (SSSR count). The number of ether oxygens (including phenoxy) is 1. The largest absolute Gasteiger partial charge is 0.468 e. The van der Waals surface area contributed by atoms with Crippen LogP contribution >= 0.6 is 0 Å². The highest BCUT2D eigenvalue weighted by Gasteiger charge is 2.23. The summed E-state index contributed by atoms with van der Waals surface area (Å²) in [6.07, 6.45) is 0. The highest BCUT2D eigenvalue weighted by atomic mass is 19.1. The molecule has 1 N–H and O–H groups in total. The first-order chi connectivity index (χ1) is 10.1. The van der Waals surface area contributed by atoms with Crippen molar-refractivity contribution in [1.29, 1.82) is 0 Å². The number of hydrogen-bond acceptors (Lipinski definition) is 3. The van der Waals surface area contributed by atoms with Gasteiger partial charge in [-0.25, -0.2) is 9.18 Å². The van der Waals surface area contributed by atoms with Gasteiger partial charge in [0.15, 0.2) is 0 Å². The standard InChI is InChI=1S/C17H18FNO2/c1-12-8-9-14(18)10-15(12)16(17(20)21-2)19-11-13-6-4-3-5-7-13/h3-10,16,19H,11H2,1-2H3. The third-order valence-electron chi connectivity index (χ3n) is 3.34. The summed E-state index contributed by atoms with van der Waals surface area (Å²) in [7, 11) is 1.33. The van der Waals surface area contributed by atoms with Crippen LogP contribution in [0.15, 0.2) is 48.5 Å². The monoisotopic (exact) mass is 287 g/mol. The molecule has 4 heteroatoms. The van der Waals surface area contributed by atoms with Gasteiger partial charge in [-0.1, -0.05) is 36.4 Å². The first-order valence-corrected chi connectivity index (χ1v) is 6.73. The van der Waals surface area contributed by atoms with Crippen LogP contribution in [0.3, 0.4) is 0 Å². The Bertz CT molecular complexity index is 613. The van der Waals surface area contributed by atoms with Gasteiger partial charge in [-0.3, -0.25) is 5.32 Å². The van der Waals surface area contributed by atoms with Gasteiger partial charge >= 0.3 is 5.97 Å². The topological polar surface area (TPSA) is 38.3 Å². The second-order valence-electron chi connectivity index (χ2n) is 4.82. The number of aryl methyl sites for hydroxylation is 1. The second-order valence-corrected chi connectivity index (χ2v) is 4.82. The molecular weight excluding hydrogens is 269 g/mol. The quantitative estimate of drug-likeness (QED) is 0.859. The van der Waals surface area contributed by atoms with E-state index in [2.05, 4.69) is 5.32 Å². The highest BCUT2D eigenvalue weighted by molar-refractivity contribution is 5.78. The molecule has 3 nitrogen and oxygen atoms in total. The fourth-order valence-electron chi connectivity index (χ4n) is 2.18. The number of halogens is 1. The zero-order chi connectivity index (χ0) is 15.2. The normalized spacial score (nSPS) is 12.0. The van der Waals surface area contributed by atoms with Crippen LogP contribution in [0.1, 0.15) is 22.7 Å². The van der Waals surface area contributed by atoms with Crippen molar-refractivity contribution in [2.24, 2.45) is 0 Å². The lowest BCUT2D eigenvalue weighted by Crippen LogP contribution is -2.30. The summed E-state index contributed by atoms with van der Waals surface area (Å²) >= 11 is 0. The molecule has 0 saturated heterocycles. The molecule has 0 aromatic heterocycles. The lowest BCUT2D eigenvalue weighted by molar-refractivity contribution is -0.143. The zero-order valence-electron chi connectivity index (χ0n) is 12.1. The van der Waals surface area contributed by atoms with Crippen LogP contribution < -0.4 is 5.32 Å². The van der Waals surface area contributed by atoms with Gasteiger partial charge in [0.2, 0.25) is 0 Å². The molecule has 0 fully saturated rings. The molecule has 2 aromatic carbocycles. The summed E-state index contributed by atoms with van der Waals surface area (Å²) in [5.41, 5.74) is 2.48. The lowest BCUT2D eigenvalue weighted by atomic mass is 10.0. The van der Waals surface area contributed by atoms with Crippen molar-refractivity contribution in [2.45, 2.75) is 19.5 Å². The van der Waals surface area contributed by atoms with Crippen molar-refractivity contribution in [1.82, 2.24) is 5.32 Å². The number of carbonyl (C=O) groups is 1. The van der Waals surface area contributed by atoms with Crippen LogP contribution in [0.5, 0.6) is 0 Å². The molecule has 21 heavy (non-hydrogen) atoms. The van der Waals surface area contributed by atoms with Crippen molar-refractivity contribution in [3.8, 4) is 0 Å². The third kappa shape index (κ3) is 3.89. The Balaban J connectivity index is 2.22. The third-order valence-corrected chi connectivity index (χ3v) is 3.34. The number of methoxy groups -OCH3 is 1. The van der Waals surface area contributed by atoms with Gasteiger partial charge in [0.25, 0.3) is 0 Å². The van der Waals surface area contributed by atoms with Gasteiger partial charge in [-0.15, -0.1) is 0 Å². The van der Waals surface area contributed by atoms with E-state index in [1.807, 2.05) is 37.3 Å². The summed E-state index contributed by atoms with van der Waals surface area (Å²) in [6, 6.07) is 13.4. The van der Waals surface area contributed by atoms with Gasteiger partial charge in [-0.05, 0) is 35.7 Å². The molecule has 0 heterocycles. The molecule has 0 aliphatic heterocycles. The number of nitrogens with one attached hydrogen (secondary N) is 1. The summed E-state index contributed by atoms with van der Waals surface area (Å²) in [5.74, 6) is -0.800. The molecule has 0 spiro atoms. The van der Waals surface area contributed by atoms with Gasteiger partial charge in [-0.2, -0.15) is 0 Å². The predicted molar refractivity (Wildman–Crippen MR) is 79.2 cm³/mol. The predicted octanol–water partition coefficient (Wildman–Crippen LogP) is 3.14. The number of carbonyl (C=O) groups excluding carboxylic acids is 1. The summed E-state index contributed by atoms with van der Waals surface area (Å²) in [6.45, 7) is 2.34. The second kappa shape index (κ2) is 6.99. The SMILES string of the molecule is COC(=O)C(NCc1ccccc1)c1cc(F)ccc1C. The summed E-state index contributed by atoms with van der Waals surface area (Å²) < 4.78 is 18.3. The zero-order valence-corrected chi connectivity index (χ0v) is 12.1. The molecule has 0 aliphatic rings. The Labute approximate surface area is 123 Å². The van der Waals surface area contributed by atoms with Crippen molar-refractivity contribution < 1.29 is 13.9 Å². The Morgan fingerprint density at radius 3 is 2.62 bits per heavy atom. The molecule has 0 aliphatic carbocycles. The number of benzene rings is 2. The van der Waals surface area contributed by atoms with E-state index in [0.717, 1.165) is 11.1 Å². The van der Waals surface area contributed by atoms with Gasteiger partial charge < -0.3 is 4.74 Å². The van der Waals surface area contributed by atoms with Crippen LogP contribution in [0.2, 0.25) is 0 Å². The van der Waals surface area contributed by atoms with E-state index < -0.39 is 12.0 Å².